The number of carbonyl (C=O) groups excluding carboxylic acids is 1. The normalized spacial score (nSPS) is 15.2. The molecule has 3 rings (SSSR count). The van der Waals surface area contributed by atoms with Gasteiger partial charge in [-0.05, 0) is 19.1 Å². The van der Waals surface area contributed by atoms with Crippen LogP contribution >= 0.6 is 0 Å². The van der Waals surface area contributed by atoms with Crippen molar-refractivity contribution in [2.45, 2.75) is 13.5 Å². The molecule has 1 aromatic carbocycles. The Morgan fingerprint density at radius 2 is 1.81 bits per heavy atom. The molecular weight excluding hydrogens is 340 g/mol. The molecule has 7 heteroatoms. The zero-order chi connectivity index (χ0) is 18.7. The smallest absolute Gasteiger partial charge is 0.161 e. The van der Waals surface area contributed by atoms with Gasteiger partial charge in [0.05, 0.1) is 7.11 Å². The number of benzene rings is 1. The number of piperazine rings is 1. The SMILES string of the molecule is COc1cc(F)c(CN2CCN(c3ccc(C(C)=O)cn3)CC2)c(F)c1. The third kappa shape index (κ3) is 3.99. The molecule has 0 amide bonds. The zero-order valence-corrected chi connectivity index (χ0v) is 14.8. The van der Waals surface area contributed by atoms with Gasteiger partial charge in [0.15, 0.2) is 5.78 Å². The average molecular weight is 361 g/mol. The number of aromatic nitrogens is 1. The molecule has 26 heavy (non-hydrogen) atoms. The highest BCUT2D eigenvalue weighted by atomic mass is 19.1. The van der Waals surface area contributed by atoms with Crippen LogP contribution in [0, 0.1) is 11.6 Å². The maximum absolute atomic E-state index is 14.1. The Morgan fingerprint density at radius 3 is 2.31 bits per heavy atom. The Hall–Kier alpha value is -2.54. The summed E-state index contributed by atoms with van der Waals surface area (Å²) in [6.45, 7) is 4.46. The van der Waals surface area contributed by atoms with E-state index in [1.54, 1.807) is 12.3 Å². The van der Waals surface area contributed by atoms with E-state index in [1.807, 2.05) is 11.0 Å². The number of ketones is 1. The average Bonchev–Trinajstić information content (AvgIpc) is 2.65. The molecule has 0 bridgehead atoms. The zero-order valence-electron chi connectivity index (χ0n) is 14.8. The lowest BCUT2D eigenvalue weighted by molar-refractivity contribution is 0.101. The second kappa shape index (κ2) is 7.78. The standard InChI is InChI=1S/C19H21F2N3O2/c1-13(25)14-3-4-19(22-11-14)24-7-5-23(6-8-24)12-16-17(20)9-15(26-2)10-18(16)21/h3-4,9-11H,5-8,12H2,1-2H3. The molecule has 0 saturated carbocycles. The highest BCUT2D eigenvalue weighted by Crippen LogP contribution is 2.23. The molecule has 1 fully saturated rings. The Labute approximate surface area is 151 Å². The van der Waals surface area contributed by atoms with Crippen LogP contribution in [0.3, 0.4) is 0 Å². The van der Waals surface area contributed by atoms with Gasteiger partial charge < -0.3 is 9.64 Å². The molecule has 2 aromatic rings. The molecule has 1 aromatic heterocycles. The first kappa shape index (κ1) is 18.3. The summed E-state index contributed by atoms with van der Waals surface area (Å²) in [5, 5.41) is 0. The largest absolute Gasteiger partial charge is 0.497 e. The van der Waals surface area contributed by atoms with Gasteiger partial charge in [0.2, 0.25) is 0 Å². The number of hydrogen-bond acceptors (Lipinski definition) is 5. The maximum atomic E-state index is 14.1. The molecule has 1 aliphatic heterocycles. The van der Waals surface area contributed by atoms with Crippen LogP contribution in [0.25, 0.3) is 0 Å². The lowest BCUT2D eigenvalue weighted by Crippen LogP contribution is -2.46. The van der Waals surface area contributed by atoms with Crippen molar-refractivity contribution in [2.24, 2.45) is 0 Å². The first-order chi connectivity index (χ1) is 12.5. The van der Waals surface area contributed by atoms with Crippen LogP contribution in [-0.2, 0) is 6.54 Å². The van der Waals surface area contributed by atoms with Crippen LogP contribution in [0.1, 0.15) is 22.8 Å². The molecule has 0 radical (unpaired) electrons. The molecular formula is C19H21F2N3O2. The van der Waals surface area contributed by atoms with Gasteiger partial charge in [-0.2, -0.15) is 0 Å². The topological polar surface area (TPSA) is 45.7 Å². The molecule has 2 heterocycles. The first-order valence-electron chi connectivity index (χ1n) is 8.44. The minimum atomic E-state index is -0.592. The number of Topliss-reactive ketones (excluding diaryl/α,β-unsaturated/α-hetero) is 1. The molecule has 0 atom stereocenters. The monoisotopic (exact) mass is 361 g/mol. The van der Waals surface area contributed by atoms with E-state index in [0.717, 1.165) is 5.82 Å². The number of halogens is 2. The van der Waals surface area contributed by atoms with Crippen LogP contribution in [0.5, 0.6) is 5.75 Å². The first-order valence-corrected chi connectivity index (χ1v) is 8.44. The summed E-state index contributed by atoms with van der Waals surface area (Å²) in [7, 11) is 1.38. The van der Waals surface area contributed by atoms with E-state index >= 15 is 0 Å². The third-order valence-electron chi connectivity index (χ3n) is 4.58. The molecule has 0 unspecified atom stereocenters. The van der Waals surface area contributed by atoms with Crippen LogP contribution in [-0.4, -0.2) is 49.0 Å². The van der Waals surface area contributed by atoms with Gasteiger partial charge >= 0.3 is 0 Å². The van der Waals surface area contributed by atoms with Crippen molar-refractivity contribution in [3.63, 3.8) is 0 Å². The fraction of sp³-hybridized carbons (Fsp3) is 0.368. The van der Waals surface area contributed by atoms with Crippen molar-refractivity contribution in [1.29, 1.82) is 0 Å². The molecule has 1 aliphatic rings. The van der Waals surface area contributed by atoms with Crippen molar-refractivity contribution in [3.05, 3.63) is 53.2 Å². The van der Waals surface area contributed by atoms with E-state index in [2.05, 4.69) is 9.88 Å². The van der Waals surface area contributed by atoms with Crippen molar-refractivity contribution >= 4 is 11.6 Å². The Bertz CT molecular complexity index is 765. The van der Waals surface area contributed by atoms with Gasteiger partial charge in [-0.1, -0.05) is 0 Å². The summed E-state index contributed by atoms with van der Waals surface area (Å²) >= 11 is 0. The van der Waals surface area contributed by atoms with Gasteiger partial charge in [-0.25, -0.2) is 13.8 Å². The van der Waals surface area contributed by atoms with E-state index < -0.39 is 11.6 Å². The van der Waals surface area contributed by atoms with Crippen molar-refractivity contribution in [3.8, 4) is 5.75 Å². The van der Waals surface area contributed by atoms with E-state index in [0.29, 0.717) is 31.7 Å². The predicted octanol–water partition coefficient (Wildman–Crippen LogP) is 2.89. The fourth-order valence-corrected chi connectivity index (χ4v) is 2.99. The predicted molar refractivity (Wildman–Crippen MR) is 94.6 cm³/mol. The molecule has 0 aliphatic carbocycles. The minimum Gasteiger partial charge on any atom is -0.497 e. The number of anilines is 1. The number of rotatable bonds is 5. The minimum absolute atomic E-state index is 0.0163. The number of pyridine rings is 1. The third-order valence-corrected chi connectivity index (χ3v) is 4.58. The molecule has 0 N–H and O–H groups in total. The van der Waals surface area contributed by atoms with E-state index in [9.17, 15) is 13.6 Å². The van der Waals surface area contributed by atoms with E-state index in [-0.39, 0.29) is 23.6 Å². The van der Waals surface area contributed by atoms with Gasteiger partial charge in [0.1, 0.15) is 23.2 Å². The lowest BCUT2D eigenvalue weighted by Gasteiger charge is -2.35. The fourth-order valence-electron chi connectivity index (χ4n) is 2.99. The number of ether oxygens (including phenoxy) is 1. The summed E-state index contributed by atoms with van der Waals surface area (Å²) in [5.41, 5.74) is 0.640. The highest BCUT2D eigenvalue weighted by Gasteiger charge is 2.21. The second-order valence-electron chi connectivity index (χ2n) is 6.29. The molecule has 138 valence electrons. The van der Waals surface area contributed by atoms with Crippen molar-refractivity contribution in [2.75, 3.05) is 38.2 Å². The van der Waals surface area contributed by atoms with Gasteiger partial charge in [0.25, 0.3) is 0 Å². The summed E-state index contributed by atoms with van der Waals surface area (Å²) < 4.78 is 33.1. The summed E-state index contributed by atoms with van der Waals surface area (Å²) in [5.74, 6) is -0.223. The Kier molecular flexibility index (Phi) is 5.46. The molecule has 5 nitrogen and oxygen atoms in total. The number of nitrogens with zero attached hydrogens (tertiary/aromatic N) is 3. The quantitative estimate of drug-likeness (QED) is 0.767. The van der Waals surface area contributed by atoms with Crippen molar-refractivity contribution < 1.29 is 18.3 Å². The summed E-state index contributed by atoms with van der Waals surface area (Å²) in [6, 6.07) is 6.00. The number of carbonyl (C=O) groups is 1. The van der Waals surface area contributed by atoms with Gasteiger partial charge in [0, 0.05) is 62.2 Å². The lowest BCUT2D eigenvalue weighted by atomic mass is 10.1. The second-order valence-corrected chi connectivity index (χ2v) is 6.29. The summed E-state index contributed by atoms with van der Waals surface area (Å²) in [6.07, 6.45) is 1.58. The van der Waals surface area contributed by atoms with Gasteiger partial charge in [-0.3, -0.25) is 9.69 Å². The van der Waals surface area contributed by atoms with Crippen molar-refractivity contribution in [1.82, 2.24) is 9.88 Å². The van der Waals surface area contributed by atoms with E-state index in [1.165, 1.54) is 26.2 Å². The molecule has 1 saturated heterocycles. The Balaban J connectivity index is 1.61. The van der Waals surface area contributed by atoms with Crippen LogP contribution < -0.4 is 9.64 Å². The van der Waals surface area contributed by atoms with Crippen LogP contribution in [0.15, 0.2) is 30.5 Å². The van der Waals surface area contributed by atoms with Crippen LogP contribution in [0.2, 0.25) is 0 Å². The van der Waals surface area contributed by atoms with Gasteiger partial charge in [-0.15, -0.1) is 0 Å². The molecule has 0 spiro atoms. The van der Waals surface area contributed by atoms with Crippen LogP contribution in [0.4, 0.5) is 14.6 Å². The number of methoxy groups -OCH3 is 1. The van der Waals surface area contributed by atoms with E-state index in [4.69, 9.17) is 4.74 Å². The summed E-state index contributed by atoms with van der Waals surface area (Å²) in [4.78, 5) is 19.8. The highest BCUT2D eigenvalue weighted by molar-refractivity contribution is 5.93. The number of hydrogen-bond donors (Lipinski definition) is 0. The Morgan fingerprint density at radius 1 is 1.15 bits per heavy atom. The maximum Gasteiger partial charge on any atom is 0.161 e.